The molecule has 0 saturated carbocycles. The fraction of sp³-hybridized carbons (Fsp3) is 0.389. The number of nitrogens with zero attached hydrogens (tertiary/aromatic N) is 4. The van der Waals surface area contributed by atoms with E-state index in [1.54, 1.807) is 32.8 Å². The third-order valence-electron chi connectivity index (χ3n) is 4.48. The van der Waals surface area contributed by atoms with Crippen molar-refractivity contribution in [1.82, 2.24) is 19.6 Å². The Morgan fingerprint density at radius 2 is 1.96 bits per heavy atom. The lowest BCUT2D eigenvalue weighted by molar-refractivity contribution is -0.145. The molecule has 1 aliphatic heterocycles. The quantitative estimate of drug-likeness (QED) is 0.823. The van der Waals surface area contributed by atoms with E-state index in [0.717, 1.165) is 11.3 Å². The van der Waals surface area contributed by atoms with Crippen LogP contribution in [0, 0.1) is 5.82 Å². The highest BCUT2D eigenvalue weighted by Gasteiger charge is 2.26. The van der Waals surface area contributed by atoms with Gasteiger partial charge < -0.3 is 9.80 Å². The first-order chi connectivity index (χ1) is 12.0. The second kappa shape index (κ2) is 7.46. The van der Waals surface area contributed by atoms with Crippen molar-refractivity contribution >= 4 is 11.8 Å². The third kappa shape index (κ3) is 4.23. The summed E-state index contributed by atoms with van der Waals surface area (Å²) in [6, 6.07) is 8.01. The average Bonchev–Trinajstić information content (AvgIpc) is 3.01. The first-order valence-corrected chi connectivity index (χ1v) is 8.30. The molecule has 2 aromatic rings. The van der Waals surface area contributed by atoms with E-state index in [9.17, 15) is 14.0 Å². The van der Waals surface area contributed by atoms with Gasteiger partial charge in [-0.05, 0) is 30.2 Å². The Morgan fingerprint density at radius 1 is 1.20 bits per heavy atom. The molecule has 0 N–H and O–H groups in total. The number of hydrogen-bond donors (Lipinski definition) is 0. The minimum Gasteiger partial charge on any atom is -0.335 e. The van der Waals surface area contributed by atoms with Gasteiger partial charge in [0, 0.05) is 45.0 Å². The fourth-order valence-corrected chi connectivity index (χ4v) is 2.94. The van der Waals surface area contributed by atoms with Gasteiger partial charge in [-0.1, -0.05) is 12.1 Å². The van der Waals surface area contributed by atoms with E-state index >= 15 is 0 Å². The lowest BCUT2D eigenvalue weighted by Gasteiger charge is -2.34. The van der Waals surface area contributed by atoms with E-state index in [2.05, 4.69) is 5.10 Å². The van der Waals surface area contributed by atoms with Gasteiger partial charge in [0.15, 0.2) is 0 Å². The summed E-state index contributed by atoms with van der Waals surface area (Å²) in [5, 5.41) is 4.08. The Bertz CT molecular complexity index is 757. The molecule has 0 bridgehead atoms. The van der Waals surface area contributed by atoms with Crippen LogP contribution in [-0.2, 0) is 29.6 Å². The Hall–Kier alpha value is -2.70. The predicted molar refractivity (Wildman–Crippen MR) is 89.9 cm³/mol. The summed E-state index contributed by atoms with van der Waals surface area (Å²) in [7, 11) is 1.84. The minimum atomic E-state index is -0.293. The maximum Gasteiger partial charge on any atom is 0.242 e. The third-order valence-corrected chi connectivity index (χ3v) is 4.48. The Kier molecular flexibility index (Phi) is 5.11. The highest BCUT2D eigenvalue weighted by molar-refractivity contribution is 5.86. The zero-order chi connectivity index (χ0) is 17.8. The Labute approximate surface area is 145 Å². The van der Waals surface area contributed by atoms with E-state index in [1.165, 1.54) is 12.1 Å². The second-order valence-corrected chi connectivity index (χ2v) is 6.20. The van der Waals surface area contributed by atoms with E-state index < -0.39 is 0 Å². The number of aromatic nitrogens is 2. The van der Waals surface area contributed by atoms with Crippen LogP contribution in [0.4, 0.5) is 4.39 Å². The van der Waals surface area contributed by atoms with Crippen molar-refractivity contribution in [2.75, 3.05) is 19.6 Å². The van der Waals surface area contributed by atoms with Crippen LogP contribution in [-0.4, -0.2) is 51.0 Å². The highest BCUT2D eigenvalue weighted by Crippen LogP contribution is 2.12. The SMILES string of the molecule is Cn1nccc1CCC(=O)N1CCN(Cc2ccc(F)cc2)C(=O)C1. The van der Waals surface area contributed by atoms with Crippen LogP contribution >= 0.6 is 0 Å². The molecule has 0 atom stereocenters. The molecule has 1 aliphatic rings. The molecule has 0 spiro atoms. The van der Waals surface area contributed by atoms with Gasteiger partial charge in [0.1, 0.15) is 5.82 Å². The molecule has 6 nitrogen and oxygen atoms in total. The normalized spacial score (nSPS) is 14.9. The number of carbonyl (C=O) groups excluding carboxylic acids is 2. The van der Waals surface area contributed by atoms with E-state index in [0.29, 0.717) is 32.5 Å². The van der Waals surface area contributed by atoms with Crippen molar-refractivity contribution in [1.29, 1.82) is 0 Å². The van der Waals surface area contributed by atoms with Crippen molar-refractivity contribution in [3.8, 4) is 0 Å². The fourth-order valence-electron chi connectivity index (χ4n) is 2.94. The lowest BCUT2D eigenvalue weighted by atomic mass is 10.1. The van der Waals surface area contributed by atoms with Gasteiger partial charge in [-0.15, -0.1) is 0 Å². The molecular weight excluding hydrogens is 323 g/mol. The first-order valence-electron chi connectivity index (χ1n) is 8.30. The summed E-state index contributed by atoms with van der Waals surface area (Å²) in [5.74, 6) is -0.389. The van der Waals surface area contributed by atoms with Crippen molar-refractivity contribution in [3.63, 3.8) is 0 Å². The molecule has 0 aliphatic carbocycles. The average molecular weight is 344 g/mol. The highest BCUT2D eigenvalue weighted by atomic mass is 19.1. The smallest absolute Gasteiger partial charge is 0.242 e. The van der Waals surface area contributed by atoms with Crippen LogP contribution in [0.15, 0.2) is 36.5 Å². The molecule has 0 unspecified atom stereocenters. The molecule has 3 rings (SSSR count). The summed E-state index contributed by atoms with van der Waals surface area (Å²) < 4.78 is 14.7. The number of amides is 2. The van der Waals surface area contributed by atoms with Crippen LogP contribution in [0.3, 0.4) is 0 Å². The van der Waals surface area contributed by atoms with Gasteiger partial charge in [0.25, 0.3) is 0 Å². The number of piperazine rings is 1. The molecule has 2 heterocycles. The van der Waals surface area contributed by atoms with E-state index in [-0.39, 0.29) is 24.2 Å². The van der Waals surface area contributed by atoms with Crippen LogP contribution < -0.4 is 0 Å². The number of hydrogen-bond acceptors (Lipinski definition) is 3. The summed E-state index contributed by atoms with van der Waals surface area (Å²) in [6.45, 7) is 1.56. The first kappa shape index (κ1) is 17.1. The van der Waals surface area contributed by atoms with Crippen molar-refractivity contribution in [2.45, 2.75) is 19.4 Å². The zero-order valence-electron chi connectivity index (χ0n) is 14.2. The maximum absolute atomic E-state index is 13.0. The zero-order valence-corrected chi connectivity index (χ0v) is 14.2. The number of rotatable bonds is 5. The van der Waals surface area contributed by atoms with Gasteiger partial charge in [0.05, 0.1) is 6.54 Å². The monoisotopic (exact) mass is 344 g/mol. The summed E-state index contributed by atoms with van der Waals surface area (Å²) in [6.07, 6.45) is 2.68. The molecule has 2 amide bonds. The Morgan fingerprint density at radius 3 is 2.60 bits per heavy atom. The molecule has 132 valence electrons. The lowest BCUT2D eigenvalue weighted by Crippen LogP contribution is -2.51. The topological polar surface area (TPSA) is 58.4 Å². The summed E-state index contributed by atoms with van der Waals surface area (Å²) in [5.41, 5.74) is 1.88. The van der Waals surface area contributed by atoms with Gasteiger partial charge in [-0.25, -0.2) is 4.39 Å². The van der Waals surface area contributed by atoms with Crippen molar-refractivity contribution < 1.29 is 14.0 Å². The Balaban J connectivity index is 1.50. The van der Waals surface area contributed by atoms with Crippen LogP contribution in [0.1, 0.15) is 17.7 Å². The predicted octanol–water partition coefficient (Wildman–Crippen LogP) is 1.36. The molecule has 1 fully saturated rings. The molecule has 25 heavy (non-hydrogen) atoms. The van der Waals surface area contributed by atoms with E-state index in [1.807, 2.05) is 13.1 Å². The van der Waals surface area contributed by atoms with Crippen LogP contribution in [0.2, 0.25) is 0 Å². The number of aryl methyl sites for hydroxylation is 2. The number of carbonyl (C=O) groups is 2. The van der Waals surface area contributed by atoms with Gasteiger partial charge >= 0.3 is 0 Å². The minimum absolute atomic E-state index is 0.0176. The van der Waals surface area contributed by atoms with Crippen LogP contribution in [0.25, 0.3) is 0 Å². The largest absolute Gasteiger partial charge is 0.335 e. The summed E-state index contributed by atoms with van der Waals surface area (Å²) >= 11 is 0. The van der Waals surface area contributed by atoms with Crippen LogP contribution in [0.5, 0.6) is 0 Å². The molecule has 1 aromatic carbocycles. The van der Waals surface area contributed by atoms with Gasteiger partial charge in [-0.2, -0.15) is 5.10 Å². The maximum atomic E-state index is 13.0. The van der Waals surface area contributed by atoms with Crippen molar-refractivity contribution in [3.05, 3.63) is 53.6 Å². The molecule has 1 saturated heterocycles. The summed E-state index contributed by atoms with van der Waals surface area (Å²) in [4.78, 5) is 28.0. The molecule has 1 aromatic heterocycles. The molecular formula is C18H21FN4O2. The molecule has 0 radical (unpaired) electrons. The molecule has 7 heteroatoms. The second-order valence-electron chi connectivity index (χ2n) is 6.20. The van der Waals surface area contributed by atoms with Gasteiger partial charge in [-0.3, -0.25) is 14.3 Å². The van der Waals surface area contributed by atoms with Gasteiger partial charge in [0.2, 0.25) is 11.8 Å². The van der Waals surface area contributed by atoms with E-state index in [4.69, 9.17) is 0 Å². The number of benzene rings is 1. The number of halogens is 1. The standard InChI is InChI=1S/C18H21FN4O2/c1-21-16(8-9-20-21)6-7-17(24)23-11-10-22(18(25)13-23)12-14-2-4-15(19)5-3-14/h2-5,8-9H,6-7,10-13H2,1H3. The van der Waals surface area contributed by atoms with Crippen molar-refractivity contribution in [2.24, 2.45) is 7.05 Å².